The molecule has 1 aliphatic rings. The first-order valence-corrected chi connectivity index (χ1v) is 9.74. The van der Waals surface area contributed by atoms with Gasteiger partial charge in [-0.05, 0) is 45.4 Å². The lowest BCUT2D eigenvalue weighted by Crippen LogP contribution is -2.43. The van der Waals surface area contributed by atoms with E-state index in [2.05, 4.69) is 5.32 Å². The van der Waals surface area contributed by atoms with Crippen molar-refractivity contribution in [2.24, 2.45) is 5.92 Å². The molecule has 0 unspecified atom stereocenters. The summed E-state index contributed by atoms with van der Waals surface area (Å²) in [4.78, 5) is 28.1. The Morgan fingerprint density at radius 2 is 2.04 bits per heavy atom. The molecular formula is C21H33N3O4. The molecule has 1 aromatic rings. The van der Waals surface area contributed by atoms with E-state index in [9.17, 15) is 9.59 Å². The minimum atomic E-state index is -0.181. The Bertz CT molecular complexity index is 699. The first kappa shape index (κ1) is 21.9. The third kappa shape index (κ3) is 5.53. The van der Waals surface area contributed by atoms with E-state index in [1.165, 1.54) is 0 Å². The van der Waals surface area contributed by atoms with Crippen LogP contribution in [0.5, 0.6) is 11.5 Å². The van der Waals surface area contributed by atoms with Gasteiger partial charge in [0.2, 0.25) is 5.91 Å². The Morgan fingerprint density at radius 1 is 1.32 bits per heavy atom. The number of hydrogen-bond donors (Lipinski definition) is 1. The predicted octanol–water partition coefficient (Wildman–Crippen LogP) is 2.88. The highest BCUT2D eigenvalue weighted by Gasteiger charge is 2.36. The Kier molecular flexibility index (Phi) is 7.16. The van der Waals surface area contributed by atoms with Crippen molar-refractivity contribution in [3.05, 3.63) is 23.8 Å². The minimum Gasteiger partial charge on any atom is -0.493 e. The third-order valence-corrected chi connectivity index (χ3v) is 4.85. The Balaban J connectivity index is 1.88. The van der Waals surface area contributed by atoms with Crippen molar-refractivity contribution in [1.29, 1.82) is 0 Å². The van der Waals surface area contributed by atoms with Gasteiger partial charge in [0.1, 0.15) is 0 Å². The maximum Gasteiger partial charge on any atom is 0.317 e. The Labute approximate surface area is 168 Å². The van der Waals surface area contributed by atoms with Gasteiger partial charge in [0.25, 0.3) is 0 Å². The van der Waals surface area contributed by atoms with Gasteiger partial charge in [-0.25, -0.2) is 4.79 Å². The molecule has 7 nitrogen and oxygen atoms in total. The van der Waals surface area contributed by atoms with Crippen LogP contribution in [0.15, 0.2) is 18.2 Å². The maximum absolute atomic E-state index is 12.5. The summed E-state index contributed by atoms with van der Waals surface area (Å²) in [6, 6.07) is 5.50. The number of hydrogen-bond acceptors (Lipinski definition) is 4. The summed E-state index contributed by atoms with van der Waals surface area (Å²) < 4.78 is 10.9. The first-order chi connectivity index (χ1) is 13.2. The van der Waals surface area contributed by atoms with Crippen molar-refractivity contribution in [3.8, 4) is 11.5 Å². The van der Waals surface area contributed by atoms with Crippen molar-refractivity contribution in [1.82, 2.24) is 15.1 Å². The summed E-state index contributed by atoms with van der Waals surface area (Å²) in [6.07, 6.45) is 0.484. The highest BCUT2D eigenvalue weighted by atomic mass is 16.5. The van der Waals surface area contributed by atoms with Gasteiger partial charge in [0.05, 0.1) is 13.7 Å². The molecule has 28 heavy (non-hydrogen) atoms. The molecule has 0 aliphatic carbocycles. The molecule has 0 saturated carbocycles. The number of nitrogens with one attached hydrogen (secondary N) is 1. The van der Waals surface area contributed by atoms with Gasteiger partial charge in [0.15, 0.2) is 11.5 Å². The number of rotatable bonds is 7. The van der Waals surface area contributed by atoms with Crippen molar-refractivity contribution < 1.29 is 19.1 Å². The van der Waals surface area contributed by atoms with E-state index in [0.29, 0.717) is 44.2 Å². The van der Waals surface area contributed by atoms with Crippen molar-refractivity contribution in [3.63, 3.8) is 0 Å². The van der Waals surface area contributed by atoms with E-state index in [4.69, 9.17) is 9.47 Å². The van der Waals surface area contributed by atoms with E-state index < -0.39 is 0 Å². The van der Waals surface area contributed by atoms with Gasteiger partial charge in [-0.15, -0.1) is 0 Å². The molecule has 7 heteroatoms. The van der Waals surface area contributed by atoms with Crippen molar-refractivity contribution in [2.45, 2.75) is 46.2 Å². The summed E-state index contributed by atoms with van der Waals surface area (Å²) in [6.45, 7) is 10.2. The molecule has 1 atom stereocenters. The Morgan fingerprint density at radius 3 is 2.61 bits per heavy atom. The highest BCUT2D eigenvalue weighted by Crippen LogP contribution is 2.28. The summed E-state index contributed by atoms with van der Waals surface area (Å²) in [7, 11) is 3.35. The largest absolute Gasteiger partial charge is 0.493 e. The molecule has 156 valence electrons. The van der Waals surface area contributed by atoms with Crippen LogP contribution in [-0.4, -0.2) is 61.1 Å². The highest BCUT2D eigenvalue weighted by molar-refractivity contribution is 5.79. The lowest BCUT2D eigenvalue weighted by atomic mass is 10.1. The van der Waals surface area contributed by atoms with Gasteiger partial charge in [0, 0.05) is 44.6 Å². The van der Waals surface area contributed by atoms with Crippen LogP contribution in [0.4, 0.5) is 4.79 Å². The molecule has 0 radical (unpaired) electrons. The third-order valence-electron chi connectivity index (χ3n) is 4.85. The van der Waals surface area contributed by atoms with Crippen LogP contribution in [0.3, 0.4) is 0 Å². The van der Waals surface area contributed by atoms with Crippen LogP contribution in [0.1, 0.15) is 39.7 Å². The fraction of sp³-hybridized carbons (Fsp3) is 0.619. The maximum atomic E-state index is 12.5. The second-order valence-corrected chi connectivity index (χ2v) is 8.21. The molecule has 0 aromatic heterocycles. The number of ether oxygens (including phenoxy) is 2. The number of benzene rings is 1. The number of carbonyl (C=O) groups excluding carboxylic acids is 2. The molecule has 3 amide bonds. The van der Waals surface area contributed by atoms with Gasteiger partial charge in [-0.2, -0.15) is 0 Å². The predicted molar refractivity (Wildman–Crippen MR) is 109 cm³/mol. The molecule has 1 fully saturated rings. The molecule has 2 rings (SSSR count). The molecule has 1 heterocycles. The normalized spacial score (nSPS) is 16.9. The van der Waals surface area contributed by atoms with Gasteiger partial charge >= 0.3 is 6.03 Å². The fourth-order valence-electron chi connectivity index (χ4n) is 3.37. The molecule has 1 aromatic carbocycles. The summed E-state index contributed by atoms with van der Waals surface area (Å²) in [5.41, 5.74) is 0.774. The zero-order valence-electron chi connectivity index (χ0n) is 17.9. The van der Waals surface area contributed by atoms with Crippen LogP contribution in [0.25, 0.3) is 0 Å². The zero-order chi connectivity index (χ0) is 20.9. The molecule has 1 saturated heterocycles. The van der Waals surface area contributed by atoms with Crippen LogP contribution >= 0.6 is 0 Å². The van der Waals surface area contributed by atoms with E-state index in [1.54, 1.807) is 19.1 Å². The first-order valence-electron chi connectivity index (χ1n) is 9.74. The second-order valence-electron chi connectivity index (χ2n) is 8.21. The van der Waals surface area contributed by atoms with Gasteiger partial charge in [-0.1, -0.05) is 6.07 Å². The standard InChI is InChI=1S/C21H33N3O4/c1-7-28-18-10-15(8-9-17(18)27-6)13-23(5)20(26)22-12-16-11-19(25)24(14-16)21(2,3)4/h8-10,16H,7,11-14H2,1-6H3,(H,22,26)/t16-/m0/s1. The molecule has 1 N–H and O–H groups in total. The number of likely N-dealkylation sites (tertiary alicyclic amines) is 1. The van der Waals surface area contributed by atoms with Crippen LogP contribution < -0.4 is 14.8 Å². The lowest BCUT2D eigenvalue weighted by molar-refractivity contribution is -0.131. The fourth-order valence-corrected chi connectivity index (χ4v) is 3.37. The van der Waals surface area contributed by atoms with E-state index in [1.807, 2.05) is 50.8 Å². The number of methoxy groups -OCH3 is 1. The van der Waals surface area contributed by atoms with E-state index in [-0.39, 0.29) is 23.4 Å². The topological polar surface area (TPSA) is 71.1 Å². The van der Waals surface area contributed by atoms with Crippen LogP contribution in [-0.2, 0) is 11.3 Å². The smallest absolute Gasteiger partial charge is 0.317 e. The number of carbonyl (C=O) groups is 2. The minimum absolute atomic E-state index is 0.148. The molecule has 1 aliphatic heterocycles. The zero-order valence-corrected chi connectivity index (χ0v) is 17.9. The van der Waals surface area contributed by atoms with Gasteiger partial charge < -0.3 is 24.6 Å². The number of nitrogens with zero attached hydrogens (tertiary/aromatic N) is 2. The summed E-state index contributed by atoms with van der Waals surface area (Å²) in [5, 5.41) is 2.95. The second kappa shape index (κ2) is 9.17. The van der Waals surface area contributed by atoms with Crippen LogP contribution in [0.2, 0.25) is 0 Å². The van der Waals surface area contributed by atoms with Crippen LogP contribution in [0, 0.1) is 5.92 Å². The van der Waals surface area contributed by atoms with E-state index in [0.717, 1.165) is 5.56 Å². The van der Waals surface area contributed by atoms with Gasteiger partial charge in [-0.3, -0.25) is 4.79 Å². The van der Waals surface area contributed by atoms with E-state index >= 15 is 0 Å². The monoisotopic (exact) mass is 391 g/mol. The Hall–Kier alpha value is -2.44. The van der Waals surface area contributed by atoms with Crippen molar-refractivity contribution in [2.75, 3.05) is 33.9 Å². The number of amides is 3. The summed E-state index contributed by atoms with van der Waals surface area (Å²) >= 11 is 0. The summed E-state index contributed by atoms with van der Waals surface area (Å²) in [5.74, 6) is 1.64. The quantitative estimate of drug-likeness (QED) is 0.776. The SMILES string of the molecule is CCOc1cc(CN(C)C(=O)NC[C@@H]2CC(=O)N(C(C)(C)C)C2)ccc1OC. The molecular weight excluding hydrogens is 358 g/mol. The molecule has 0 spiro atoms. The average Bonchev–Trinajstić information content (AvgIpc) is 3.01. The average molecular weight is 392 g/mol. The number of urea groups is 1. The van der Waals surface area contributed by atoms with Crippen molar-refractivity contribution >= 4 is 11.9 Å². The molecule has 0 bridgehead atoms. The lowest BCUT2D eigenvalue weighted by Gasteiger charge is -2.32.